The molecule has 0 atom stereocenters. The minimum absolute atomic E-state index is 0.260. The fourth-order valence-corrected chi connectivity index (χ4v) is 4.89. The number of benzene rings is 2. The third-order valence-electron chi connectivity index (χ3n) is 4.40. The van der Waals surface area contributed by atoms with Crippen molar-refractivity contribution < 1.29 is 13.2 Å². The molecule has 0 aliphatic carbocycles. The molecule has 1 heterocycles. The molecule has 0 amide bonds. The lowest BCUT2D eigenvalue weighted by molar-refractivity contribution is 0.262. The van der Waals surface area contributed by atoms with E-state index < -0.39 is 10.0 Å². The van der Waals surface area contributed by atoms with Crippen LogP contribution in [0, 0.1) is 13.8 Å². The Balaban J connectivity index is 2.18. The predicted molar refractivity (Wildman–Crippen MR) is 112 cm³/mol. The van der Waals surface area contributed by atoms with E-state index in [4.69, 9.17) is 4.74 Å². The molecular formula is C20H23BrN2O3S. The zero-order chi connectivity index (χ0) is 19.8. The summed E-state index contributed by atoms with van der Waals surface area (Å²) in [6.07, 6.45) is 0. The van der Waals surface area contributed by atoms with Gasteiger partial charge in [0.1, 0.15) is 12.4 Å². The van der Waals surface area contributed by atoms with Crippen LogP contribution in [0.15, 0.2) is 51.8 Å². The van der Waals surface area contributed by atoms with Gasteiger partial charge in [-0.3, -0.25) is 0 Å². The molecule has 0 unspecified atom stereocenters. The summed E-state index contributed by atoms with van der Waals surface area (Å²) in [5, 5.41) is 0.774. The first-order valence-electron chi connectivity index (χ1n) is 8.62. The van der Waals surface area contributed by atoms with E-state index in [9.17, 15) is 8.42 Å². The van der Waals surface area contributed by atoms with Gasteiger partial charge in [-0.15, -0.1) is 0 Å². The maximum absolute atomic E-state index is 13.3. The number of aromatic nitrogens is 1. The van der Waals surface area contributed by atoms with Crippen molar-refractivity contribution >= 4 is 36.9 Å². The van der Waals surface area contributed by atoms with Crippen molar-refractivity contribution in [3.63, 3.8) is 0 Å². The predicted octanol–water partition coefficient (Wildman–Crippen LogP) is 4.20. The molecule has 3 rings (SSSR count). The summed E-state index contributed by atoms with van der Waals surface area (Å²) in [5.41, 5.74) is 2.19. The normalized spacial score (nSPS) is 12.1. The van der Waals surface area contributed by atoms with E-state index in [-0.39, 0.29) is 4.90 Å². The number of nitrogens with zero attached hydrogens (tertiary/aromatic N) is 2. The molecule has 0 aliphatic heterocycles. The largest absolute Gasteiger partial charge is 0.490 e. The molecule has 0 saturated carbocycles. The Morgan fingerprint density at radius 2 is 1.74 bits per heavy atom. The van der Waals surface area contributed by atoms with Crippen molar-refractivity contribution in [1.82, 2.24) is 8.87 Å². The Kier molecular flexibility index (Phi) is 5.65. The number of halogens is 1. The van der Waals surface area contributed by atoms with Crippen LogP contribution in [0.3, 0.4) is 0 Å². The fraction of sp³-hybridized carbons (Fsp3) is 0.300. The first kappa shape index (κ1) is 19.9. The smallest absolute Gasteiger partial charge is 0.268 e. The van der Waals surface area contributed by atoms with E-state index in [1.54, 1.807) is 37.3 Å². The van der Waals surface area contributed by atoms with Gasteiger partial charge < -0.3 is 9.64 Å². The second kappa shape index (κ2) is 7.66. The highest BCUT2D eigenvalue weighted by atomic mass is 79.9. The van der Waals surface area contributed by atoms with Crippen molar-refractivity contribution in [2.45, 2.75) is 18.7 Å². The monoisotopic (exact) mass is 450 g/mol. The summed E-state index contributed by atoms with van der Waals surface area (Å²) in [6, 6.07) is 12.4. The quantitative estimate of drug-likeness (QED) is 0.564. The number of rotatable bonds is 6. The summed E-state index contributed by atoms with van der Waals surface area (Å²) in [6.45, 7) is 4.93. The fourth-order valence-electron chi connectivity index (χ4n) is 2.97. The molecule has 0 saturated heterocycles. The third kappa shape index (κ3) is 3.90. The summed E-state index contributed by atoms with van der Waals surface area (Å²) in [4.78, 5) is 2.28. The van der Waals surface area contributed by atoms with Crippen molar-refractivity contribution in [2.24, 2.45) is 0 Å². The van der Waals surface area contributed by atoms with E-state index in [0.717, 1.165) is 22.0 Å². The molecule has 0 aliphatic rings. The van der Waals surface area contributed by atoms with Gasteiger partial charge in [0.2, 0.25) is 0 Å². The van der Waals surface area contributed by atoms with Gasteiger partial charge in [-0.25, -0.2) is 12.4 Å². The molecule has 1 aromatic heterocycles. The summed E-state index contributed by atoms with van der Waals surface area (Å²) < 4.78 is 34.9. The molecule has 0 spiro atoms. The average molecular weight is 451 g/mol. The zero-order valence-corrected chi connectivity index (χ0v) is 18.3. The Morgan fingerprint density at radius 1 is 1.07 bits per heavy atom. The molecule has 144 valence electrons. The molecule has 5 nitrogen and oxygen atoms in total. The van der Waals surface area contributed by atoms with Gasteiger partial charge in [0.25, 0.3) is 10.0 Å². The summed E-state index contributed by atoms with van der Waals surface area (Å²) in [5.74, 6) is 0.601. The van der Waals surface area contributed by atoms with Gasteiger partial charge in [0.05, 0.1) is 16.1 Å². The molecule has 0 bridgehead atoms. The Bertz CT molecular complexity index is 1070. The lowest BCUT2D eigenvalue weighted by atomic mass is 10.2. The number of aryl methyl sites for hydroxylation is 1. The lowest BCUT2D eigenvalue weighted by Crippen LogP contribution is -2.20. The van der Waals surface area contributed by atoms with Crippen molar-refractivity contribution in [3.8, 4) is 5.75 Å². The SMILES string of the molecule is Cc1ccc(S(=O)(=O)n2c(C)c(OCCN(C)C)c3cc(Br)ccc32)cc1. The maximum atomic E-state index is 13.3. The number of fused-ring (bicyclic) bond motifs is 1. The van der Waals surface area contributed by atoms with Crippen LogP contribution in [0.25, 0.3) is 10.9 Å². The average Bonchev–Trinajstić information content (AvgIpc) is 2.87. The van der Waals surface area contributed by atoms with E-state index in [0.29, 0.717) is 23.6 Å². The molecule has 27 heavy (non-hydrogen) atoms. The van der Waals surface area contributed by atoms with Gasteiger partial charge in [0, 0.05) is 16.4 Å². The summed E-state index contributed by atoms with van der Waals surface area (Å²) in [7, 11) is 0.205. The Labute approximate surface area is 168 Å². The van der Waals surface area contributed by atoms with Crippen LogP contribution < -0.4 is 4.74 Å². The zero-order valence-electron chi connectivity index (χ0n) is 15.9. The topological polar surface area (TPSA) is 51.5 Å². The molecular weight excluding hydrogens is 428 g/mol. The minimum Gasteiger partial charge on any atom is -0.490 e. The standard InChI is InChI=1S/C20H23BrN2O3S/c1-14-5-8-17(9-6-14)27(24,25)23-15(2)20(26-12-11-22(3)4)18-13-16(21)7-10-19(18)23/h5-10,13H,11-12H2,1-4H3. The van der Waals surface area contributed by atoms with Crippen molar-refractivity contribution in [2.75, 3.05) is 27.2 Å². The lowest BCUT2D eigenvalue weighted by Gasteiger charge is -2.12. The van der Waals surface area contributed by atoms with E-state index in [1.807, 2.05) is 38.1 Å². The highest BCUT2D eigenvalue weighted by Gasteiger charge is 2.26. The van der Waals surface area contributed by atoms with Crippen LogP contribution in [0.4, 0.5) is 0 Å². The Morgan fingerprint density at radius 3 is 2.37 bits per heavy atom. The Hall–Kier alpha value is -1.83. The molecule has 0 radical (unpaired) electrons. The molecule has 2 aromatic carbocycles. The first-order valence-corrected chi connectivity index (χ1v) is 10.9. The second-order valence-electron chi connectivity index (χ2n) is 6.81. The van der Waals surface area contributed by atoms with Crippen molar-refractivity contribution in [1.29, 1.82) is 0 Å². The minimum atomic E-state index is -3.74. The number of hydrogen-bond acceptors (Lipinski definition) is 4. The van der Waals surface area contributed by atoms with Gasteiger partial charge in [-0.1, -0.05) is 33.6 Å². The molecule has 7 heteroatoms. The van der Waals surface area contributed by atoms with E-state index in [2.05, 4.69) is 15.9 Å². The maximum Gasteiger partial charge on any atom is 0.268 e. The van der Waals surface area contributed by atoms with Crippen LogP contribution in [0.5, 0.6) is 5.75 Å². The van der Waals surface area contributed by atoms with E-state index >= 15 is 0 Å². The van der Waals surface area contributed by atoms with Crippen LogP contribution in [0.2, 0.25) is 0 Å². The first-order chi connectivity index (χ1) is 12.7. The van der Waals surface area contributed by atoms with Gasteiger partial charge in [-0.05, 0) is 58.3 Å². The number of likely N-dealkylation sites (N-methyl/N-ethyl adjacent to an activating group) is 1. The second-order valence-corrected chi connectivity index (χ2v) is 9.51. The molecule has 0 fully saturated rings. The van der Waals surface area contributed by atoms with Gasteiger partial charge in [-0.2, -0.15) is 0 Å². The third-order valence-corrected chi connectivity index (χ3v) is 6.71. The van der Waals surface area contributed by atoms with Crippen molar-refractivity contribution in [3.05, 3.63) is 58.2 Å². The highest BCUT2D eigenvalue weighted by Crippen LogP contribution is 2.37. The van der Waals surface area contributed by atoms with Crippen LogP contribution in [0.1, 0.15) is 11.3 Å². The van der Waals surface area contributed by atoms with E-state index in [1.165, 1.54) is 3.97 Å². The van der Waals surface area contributed by atoms with Crippen LogP contribution in [-0.2, 0) is 10.0 Å². The number of ether oxygens (including phenoxy) is 1. The summed E-state index contributed by atoms with van der Waals surface area (Å²) >= 11 is 3.47. The van der Waals surface area contributed by atoms with Gasteiger partial charge >= 0.3 is 0 Å². The van der Waals surface area contributed by atoms with Crippen LogP contribution >= 0.6 is 15.9 Å². The van der Waals surface area contributed by atoms with Gasteiger partial charge in [0.15, 0.2) is 0 Å². The molecule has 0 N–H and O–H groups in total. The number of hydrogen-bond donors (Lipinski definition) is 0. The highest BCUT2D eigenvalue weighted by molar-refractivity contribution is 9.10. The molecule has 3 aromatic rings. The van der Waals surface area contributed by atoms with Crippen LogP contribution in [-0.4, -0.2) is 44.5 Å².